The first-order chi connectivity index (χ1) is 13.8. The Kier molecular flexibility index (Phi) is 7.31. The van der Waals surface area contributed by atoms with E-state index in [1.165, 1.54) is 22.1 Å². The van der Waals surface area contributed by atoms with E-state index in [0.717, 1.165) is 24.1 Å². The van der Waals surface area contributed by atoms with Gasteiger partial charge in [-0.3, -0.25) is 15.0 Å². The summed E-state index contributed by atoms with van der Waals surface area (Å²) in [4.78, 5) is 27.1. The molecule has 0 spiro atoms. The number of hydrogen-bond donors (Lipinski definition) is 2. The van der Waals surface area contributed by atoms with Crippen molar-refractivity contribution in [3.63, 3.8) is 0 Å². The number of urea groups is 1. The highest BCUT2D eigenvalue weighted by molar-refractivity contribution is 7.91. The molecule has 1 aliphatic carbocycles. The van der Waals surface area contributed by atoms with Crippen LogP contribution < -0.4 is 10.6 Å². The maximum Gasteiger partial charge on any atom is 0.321 e. The first kappa shape index (κ1) is 22.2. The van der Waals surface area contributed by atoms with E-state index in [4.69, 9.17) is 0 Å². The molecule has 2 heterocycles. The predicted molar refractivity (Wildman–Crippen MR) is 112 cm³/mol. The number of hydrogen-bond acceptors (Lipinski definition) is 6. The van der Waals surface area contributed by atoms with Gasteiger partial charge in [0.05, 0.1) is 6.54 Å². The van der Waals surface area contributed by atoms with E-state index in [1.807, 2.05) is 11.8 Å². The van der Waals surface area contributed by atoms with Crippen LogP contribution in [0.5, 0.6) is 0 Å². The predicted octanol–water partition coefficient (Wildman–Crippen LogP) is 1.77. The van der Waals surface area contributed by atoms with E-state index < -0.39 is 16.1 Å². The molecule has 162 valence electrons. The van der Waals surface area contributed by atoms with Crippen LogP contribution in [0.2, 0.25) is 0 Å². The van der Waals surface area contributed by atoms with Crippen LogP contribution in [-0.4, -0.2) is 68.3 Å². The normalized spacial score (nSPS) is 24.2. The van der Waals surface area contributed by atoms with Gasteiger partial charge in [0.1, 0.15) is 4.21 Å². The highest BCUT2D eigenvalue weighted by Crippen LogP contribution is 2.25. The van der Waals surface area contributed by atoms with Crippen LogP contribution in [0, 0.1) is 12.8 Å². The second-order valence-corrected chi connectivity index (χ2v) is 11.4. The number of thiophene rings is 1. The van der Waals surface area contributed by atoms with Gasteiger partial charge in [-0.1, -0.05) is 19.8 Å². The summed E-state index contributed by atoms with van der Waals surface area (Å²) >= 11 is 1.27. The second kappa shape index (κ2) is 9.55. The summed E-state index contributed by atoms with van der Waals surface area (Å²) in [6.45, 7) is 5.66. The van der Waals surface area contributed by atoms with Crippen molar-refractivity contribution >= 4 is 33.3 Å². The van der Waals surface area contributed by atoms with Crippen LogP contribution in [-0.2, 0) is 14.8 Å². The summed E-state index contributed by atoms with van der Waals surface area (Å²) in [7, 11) is -3.47. The number of amides is 3. The Labute approximate surface area is 176 Å². The number of piperazine rings is 1. The number of sulfonamides is 1. The zero-order valence-electron chi connectivity index (χ0n) is 17.0. The molecule has 1 saturated heterocycles. The fraction of sp³-hybridized carbons (Fsp3) is 0.684. The first-order valence-electron chi connectivity index (χ1n) is 10.1. The highest BCUT2D eigenvalue weighted by atomic mass is 32.2. The topological polar surface area (TPSA) is 98.8 Å². The lowest BCUT2D eigenvalue weighted by molar-refractivity contribution is -0.121. The quantitative estimate of drug-likeness (QED) is 0.724. The van der Waals surface area contributed by atoms with Crippen molar-refractivity contribution in [2.75, 3.05) is 32.7 Å². The smallest absolute Gasteiger partial charge is 0.321 e. The zero-order chi connectivity index (χ0) is 21.0. The van der Waals surface area contributed by atoms with Gasteiger partial charge < -0.3 is 5.32 Å². The first-order valence-corrected chi connectivity index (χ1v) is 12.4. The molecule has 29 heavy (non-hydrogen) atoms. The minimum Gasteiger partial charge on any atom is -0.335 e. The molecule has 2 atom stereocenters. The molecule has 2 aliphatic rings. The second-order valence-electron chi connectivity index (χ2n) is 7.94. The molecule has 1 aromatic heterocycles. The number of nitrogens with zero attached hydrogens (tertiary/aromatic N) is 2. The van der Waals surface area contributed by atoms with Crippen LogP contribution in [0.1, 0.15) is 37.5 Å². The van der Waals surface area contributed by atoms with Crippen molar-refractivity contribution < 1.29 is 18.0 Å². The minimum absolute atomic E-state index is 0.0830. The van der Waals surface area contributed by atoms with Gasteiger partial charge >= 0.3 is 6.03 Å². The van der Waals surface area contributed by atoms with E-state index >= 15 is 0 Å². The zero-order valence-corrected chi connectivity index (χ0v) is 18.7. The van der Waals surface area contributed by atoms with Gasteiger partial charge in [0.15, 0.2) is 0 Å². The Morgan fingerprint density at radius 3 is 2.45 bits per heavy atom. The van der Waals surface area contributed by atoms with Crippen molar-refractivity contribution in [3.8, 4) is 0 Å². The number of rotatable bonds is 5. The molecule has 1 aromatic rings. The summed E-state index contributed by atoms with van der Waals surface area (Å²) in [6.07, 6.45) is 4.33. The summed E-state index contributed by atoms with van der Waals surface area (Å²) < 4.78 is 27.2. The summed E-state index contributed by atoms with van der Waals surface area (Å²) in [5, 5.41) is 5.31. The average Bonchev–Trinajstić information content (AvgIpc) is 3.11. The van der Waals surface area contributed by atoms with Crippen molar-refractivity contribution in [2.24, 2.45) is 5.92 Å². The molecular formula is C19H30N4O4S2. The van der Waals surface area contributed by atoms with Gasteiger partial charge in [0, 0.05) is 37.1 Å². The van der Waals surface area contributed by atoms with E-state index in [9.17, 15) is 18.0 Å². The standard InChI is InChI=1S/C19H30N4O4S2/c1-14-5-3-4-6-16(14)20-19(25)21-17(24)13-22-9-11-23(12-10-22)29(26,27)18-8-7-15(2)28-18/h7-8,14,16H,3-6,9-13H2,1-2H3,(H2,20,21,24,25). The molecule has 2 N–H and O–H groups in total. The van der Waals surface area contributed by atoms with Crippen molar-refractivity contribution in [2.45, 2.75) is 49.8 Å². The third-order valence-corrected chi connectivity index (χ3v) is 9.06. The van der Waals surface area contributed by atoms with Gasteiger partial charge in [0.25, 0.3) is 10.0 Å². The van der Waals surface area contributed by atoms with E-state index in [2.05, 4.69) is 17.6 Å². The lowest BCUT2D eigenvalue weighted by Crippen LogP contribution is -2.53. The Balaban J connectivity index is 1.43. The van der Waals surface area contributed by atoms with Gasteiger partial charge in [-0.05, 0) is 37.8 Å². The number of nitrogens with one attached hydrogen (secondary N) is 2. The third kappa shape index (κ3) is 5.78. The summed E-state index contributed by atoms with van der Waals surface area (Å²) in [5.74, 6) is 0.0583. The molecule has 0 bridgehead atoms. The molecule has 8 nitrogen and oxygen atoms in total. The maximum atomic E-state index is 12.7. The fourth-order valence-electron chi connectivity index (χ4n) is 3.91. The fourth-order valence-corrected chi connectivity index (χ4v) is 6.77. The molecule has 1 aliphatic heterocycles. The van der Waals surface area contributed by atoms with Gasteiger partial charge in [-0.25, -0.2) is 13.2 Å². The molecule has 2 unspecified atom stereocenters. The monoisotopic (exact) mass is 442 g/mol. The van der Waals surface area contributed by atoms with Crippen LogP contribution in [0.4, 0.5) is 4.79 Å². The largest absolute Gasteiger partial charge is 0.335 e. The minimum atomic E-state index is -3.47. The molecule has 0 aromatic carbocycles. The number of carbonyl (C=O) groups excluding carboxylic acids is 2. The lowest BCUT2D eigenvalue weighted by atomic mass is 9.86. The van der Waals surface area contributed by atoms with Crippen LogP contribution in [0.15, 0.2) is 16.3 Å². The average molecular weight is 443 g/mol. The number of aryl methyl sites for hydroxylation is 1. The SMILES string of the molecule is Cc1ccc(S(=O)(=O)N2CCN(CC(=O)NC(=O)NC3CCCCC3C)CC2)s1. The highest BCUT2D eigenvalue weighted by Gasteiger charge is 2.30. The summed E-state index contributed by atoms with van der Waals surface area (Å²) in [5.41, 5.74) is 0. The van der Waals surface area contributed by atoms with E-state index in [1.54, 1.807) is 12.1 Å². The van der Waals surface area contributed by atoms with Gasteiger partial charge in [-0.2, -0.15) is 4.31 Å². The van der Waals surface area contributed by atoms with E-state index in [-0.39, 0.29) is 18.5 Å². The molecule has 3 rings (SSSR count). The molecular weight excluding hydrogens is 412 g/mol. The van der Waals surface area contributed by atoms with Gasteiger partial charge in [-0.15, -0.1) is 11.3 Å². The molecule has 10 heteroatoms. The Bertz CT molecular complexity index is 831. The molecule has 1 saturated carbocycles. The third-order valence-electron chi connectivity index (χ3n) is 5.69. The molecule has 2 fully saturated rings. The Hall–Kier alpha value is -1.49. The van der Waals surface area contributed by atoms with Crippen LogP contribution >= 0.6 is 11.3 Å². The molecule has 3 amide bonds. The lowest BCUT2D eigenvalue weighted by Gasteiger charge is -2.33. The van der Waals surface area contributed by atoms with Crippen LogP contribution in [0.25, 0.3) is 0 Å². The van der Waals surface area contributed by atoms with E-state index in [0.29, 0.717) is 36.3 Å². The number of imide groups is 1. The number of carbonyl (C=O) groups is 2. The van der Waals surface area contributed by atoms with Crippen LogP contribution in [0.3, 0.4) is 0 Å². The maximum absolute atomic E-state index is 12.7. The van der Waals surface area contributed by atoms with Crippen molar-refractivity contribution in [1.82, 2.24) is 19.8 Å². The van der Waals surface area contributed by atoms with Crippen molar-refractivity contribution in [1.29, 1.82) is 0 Å². The van der Waals surface area contributed by atoms with Crippen molar-refractivity contribution in [3.05, 3.63) is 17.0 Å². The Morgan fingerprint density at radius 2 is 1.83 bits per heavy atom. The summed E-state index contributed by atoms with van der Waals surface area (Å²) in [6, 6.07) is 3.12. The van der Waals surface area contributed by atoms with Gasteiger partial charge in [0.2, 0.25) is 5.91 Å². The Morgan fingerprint density at radius 1 is 1.14 bits per heavy atom. The molecule has 0 radical (unpaired) electrons.